The van der Waals surface area contributed by atoms with Crippen molar-refractivity contribution in [3.63, 3.8) is 0 Å². The summed E-state index contributed by atoms with van der Waals surface area (Å²) in [6, 6.07) is 18.9. The lowest BCUT2D eigenvalue weighted by Gasteiger charge is -2.24. The Labute approximate surface area is 217 Å². The van der Waals surface area contributed by atoms with E-state index in [-0.39, 0.29) is 21.2 Å². The van der Waals surface area contributed by atoms with Crippen molar-refractivity contribution >= 4 is 37.3 Å². The Kier molecular flexibility index (Phi) is 7.86. The summed E-state index contributed by atoms with van der Waals surface area (Å²) in [4.78, 5) is 13.3. The van der Waals surface area contributed by atoms with Crippen LogP contribution < -0.4 is 14.4 Å². The number of rotatable bonds is 9. The van der Waals surface area contributed by atoms with Crippen molar-refractivity contribution in [1.29, 1.82) is 0 Å². The molecule has 0 saturated carbocycles. The van der Waals surface area contributed by atoms with Crippen LogP contribution in [0.4, 0.5) is 11.4 Å². The molecule has 0 radical (unpaired) electrons. The van der Waals surface area contributed by atoms with Gasteiger partial charge in [0.25, 0.3) is 10.0 Å². The van der Waals surface area contributed by atoms with Gasteiger partial charge >= 0.3 is 0 Å². The number of methoxy groups -OCH3 is 1. The van der Waals surface area contributed by atoms with Crippen molar-refractivity contribution in [3.05, 3.63) is 78.4 Å². The fourth-order valence-electron chi connectivity index (χ4n) is 4.09. The molecule has 0 unspecified atom stereocenters. The lowest BCUT2D eigenvalue weighted by molar-refractivity contribution is -0.114. The van der Waals surface area contributed by atoms with Gasteiger partial charge in [0.05, 0.1) is 28.3 Å². The summed E-state index contributed by atoms with van der Waals surface area (Å²) in [5, 5.41) is 2.65. The van der Waals surface area contributed by atoms with Gasteiger partial charge in [-0.2, -0.15) is 4.31 Å². The second kappa shape index (κ2) is 10.9. The van der Waals surface area contributed by atoms with E-state index in [0.29, 0.717) is 18.8 Å². The van der Waals surface area contributed by atoms with Crippen LogP contribution in [0.1, 0.15) is 18.4 Å². The number of hydrogen-bond donors (Lipinski definition) is 1. The molecule has 37 heavy (non-hydrogen) atoms. The third-order valence-electron chi connectivity index (χ3n) is 6.09. The van der Waals surface area contributed by atoms with E-state index in [1.54, 1.807) is 42.5 Å². The molecule has 1 fully saturated rings. The summed E-state index contributed by atoms with van der Waals surface area (Å²) in [6.07, 6.45) is 1.59. The third-order valence-corrected chi connectivity index (χ3v) is 9.77. The summed E-state index contributed by atoms with van der Waals surface area (Å²) < 4.78 is 60.8. The lowest BCUT2D eigenvalue weighted by Crippen LogP contribution is -2.38. The topological polar surface area (TPSA) is 113 Å². The second-order valence-corrected chi connectivity index (χ2v) is 12.5. The largest absolute Gasteiger partial charge is 0.495 e. The number of carbonyl (C=O) groups is 1. The Balaban J connectivity index is 1.65. The van der Waals surface area contributed by atoms with Crippen LogP contribution in [0.5, 0.6) is 5.75 Å². The van der Waals surface area contributed by atoms with Gasteiger partial charge in [-0.05, 0) is 62.2 Å². The molecular weight excluding hydrogens is 514 g/mol. The summed E-state index contributed by atoms with van der Waals surface area (Å²) in [5.74, 6) is -0.407. The zero-order valence-electron chi connectivity index (χ0n) is 20.6. The van der Waals surface area contributed by atoms with Gasteiger partial charge in [0.15, 0.2) is 0 Å². The maximum atomic E-state index is 13.5. The Morgan fingerprint density at radius 1 is 0.919 bits per heavy atom. The maximum absolute atomic E-state index is 13.5. The van der Waals surface area contributed by atoms with Crippen LogP contribution >= 0.6 is 0 Å². The van der Waals surface area contributed by atoms with Crippen LogP contribution in [0.3, 0.4) is 0 Å². The average Bonchev–Trinajstić information content (AvgIpc) is 3.44. The minimum absolute atomic E-state index is 0.0257. The first kappa shape index (κ1) is 26.6. The number of benzene rings is 3. The van der Waals surface area contributed by atoms with Gasteiger partial charge in [0.1, 0.15) is 12.3 Å². The number of ether oxygens (including phenoxy) is 1. The zero-order chi connectivity index (χ0) is 26.6. The predicted molar refractivity (Wildman–Crippen MR) is 142 cm³/mol. The number of anilines is 2. The molecule has 0 bridgehead atoms. The minimum Gasteiger partial charge on any atom is -0.495 e. The first-order chi connectivity index (χ1) is 17.6. The number of sulfonamides is 2. The molecule has 1 aliphatic rings. The molecule has 1 N–H and O–H groups in total. The van der Waals surface area contributed by atoms with Gasteiger partial charge in [-0.1, -0.05) is 35.9 Å². The van der Waals surface area contributed by atoms with Crippen LogP contribution in [-0.2, 0) is 24.8 Å². The summed E-state index contributed by atoms with van der Waals surface area (Å²) in [6.45, 7) is 2.23. The standard InChI is InChI=1S/C26H29N3O6S2/c1-20-10-12-21(13-11-20)29(37(33,34)22-8-4-3-5-9-22)19-26(30)27-24-18-23(14-15-25(24)35-2)36(31,32)28-16-6-7-17-28/h3-5,8-15,18H,6-7,16-17,19H2,1-2H3,(H,27,30). The highest BCUT2D eigenvalue weighted by Crippen LogP contribution is 2.31. The van der Waals surface area contributed by atoms with Crippen molar-refractivity contribution in [2.24, 2.45) is 0 Å². The van der Waals surface area contributed by atoms with E-state index in [1.165, 1.54) is 41.7 Å². The Bertz CT molecular complexity index is 1470. The van der Waals surface area contributed by atoms with Crippen LogP contribution in [0, 0.1) is 6.92 Å². The fraction of sp³-hybridized carbons (Fsp3) is 0.269. The number of nitrogens with zero attached hydrogens (tertiary/aromatic N) is 2. The molecule has 1 saturated heterocycles. The van der Waals surface area contributed by atoms with E-state index < -0.39 is 32.5 Å². The van der Waals surface area contributed by atoms with Crippen molar-refractivity contribution in [3.8, 4) is 5.75 Å². The molecule has 0 spiro atoms. The molecule has 1 aliphatic heterocycles. The lowest BCUT2D eigenvalue weighted by atomic mass is 10.2. The highest BCUT2D eigenvalue weighted by Gasteiger charge is 2.30. The van der Waals surface area contributed by atoms with Crippen LogP contribution in [0.15, 0.2) is 82.6 Å². The highest BCUT2D eigenvalue weighted by molar-refractivity contribution is 7.92. The van der Waals surface area contributed by atoms with E-state index in [0.717, 1.165) is 22.7 Å². The molecule has 9 nitrogen and oxygen atoms in total. The molecule has 1 amide bonds. The molecule has 0 atom stereocenters. The molecule has 3 aromatic rings. The fourth-order valence-corrected chi connectivity index (χ4v) is 7.07. The van der Waals surface area contributed by atoms with Gasteiger partial charge in [-0.15, -0.1) is 0 Å². The molecule has 11 heteroatoms. The molecule has 4 rings (SSSR count). The van der Waals surface area contributed by atoms with Crippen molar-refractivity contribution in [1.82, 2.24) is 4.31 Å². The number of aryl methyl sites for hydroxylation is 1. The monoisotopic (exact) mass is 543 g/mol. The maximum Gasteiger partial charge on any atom is 0.264 e. The SMILES string of the molecule is COc1ccc(S(=O)(=O)N2CCCC2)cc1NC(=O)CN(c1ccc(C)cc1)S(=O)(=O)c1ccccc1. The zero-order valence-corrected chi connectivity index (χ0v) is 22.3. The predicted octanol–water partition coefficient (Wildman–Crippen LogP) is 3.62. The Morgan fingerprint density at radius 3 is 2.19 bits per heavy atom. The highest BCUT2D eigenvalue weighted by atomic mass is 32.2. The summed E-state index contributed by atoms with van der Waals surface area (Å²) in [7, 11) is -6.40. The number of hydrogen-bond acceptors (Lipinski definition) is 6. The number of carbonyl (C=O) groups excluding carboxylic acids is 1. The van der Waals surface area contributed by atoms with E-state index in [2.05, 4.69) is 5.32 Å². The van der Waals surface area contributed by atoms with Gasteiger partial charge in [-0.25, -0.2) is 16.8 Å². The first-order valence-electron chi connectivity index (χ1n) is 11.8. The average molecular weight is 544 g/mol. The summed E-state index contributed by atoms with van der Waals surface area (Å²) >= 11 is 0. The summed E-state index contributed by atoms with van der Waals surface area (Å²) in [5.41, 5.74) is 1.39. The minimum atomic E-state index is -4.07. The quantitative estimate of drug-likeness (QED) is 0.441. The van der Waals surface area contributed by atoms with E-state index in [4.69, 9.17) is 4.74 Å². The van der Waals surface area contributed by atoms with Crippen LogP contribution in [-0.4, -0.2) is 53.8 Å². The number of nitrogens with one attached hydrogen (secondary N) is 1. The molecule has 1 heterocycles. The van der Waals surface area contributed by atoms with Gasteiger partial charge in [-0.3, -0.25) is 9.10 Å². The van der Waals surface area contributed by atoms with E-state index in [1.807, 2.05) is 6.92 Å². The second-order valence-electron chi connectivity index (χ2n) is 8.68. The van der Waals surface area contributed by atoms with Gasteiger partial charge in [0.2, 0.25) is 15.9 Å². The van der Waals surface area contributed by atoms with Gasteiger partial charge < -0.3 is 10.1 Å². The van der Waals surface area contributed by atoms with Crippen molar-refractivity contribution < 1.29 is 26.4 Å². The molecule has 0 aromatic heterocycles. The smallest absolute Gasteiger partial charge is 0.264 e. The van der Waals surface area contributed by atoms with Gasteiger partial charge in [0, 0.05) is 13.1 Å². The molecular formula is C26H29N3O6S2. The van der Waals surface area contributed by atoms with Crippen LogP contribution in [0.25, 0.3) is 0 Å². The first-order valence-corrected chi connectivity index (χ1v) is 14.6. The normalized spacial score (nSPS) is 14.3. The van der Waals surface area contributed by atoms with Crippen molar-refractivity contribution in [2.45, 2.75) is 29.6 Å². The van der Waals surface area contributed by atoms with E-state index in [9.17, 15) is 21.6 Å². The Morgan fingerprint density at radius 2 is 1.57 bits per heavy atom. The van der Waals surface area contributed by atoms with Crippen molar-refractivity contribution in [2.75, 3.05) is 36.4 Å². The molecule has 0 aliphatic carbocycles. The third kappa shape index (κ3) is 5.79. The Hall–Kier alpha value is -3.41. The van der Waals surface area contributed by atoms with E-state index >= 15 is 0 Å². The van der Waals surface area contributed by atoms with Crippen LogP contribution in [0.2, 0.25) is 0 Å². The molecule has 196 valence electrons. The molecule has 3 aromatic carbocycles. The number of amides is 1.